The highest BCUT2D eigenvalue weighted by molar-refractivity contribution is 9.10. The van der Waals surface area contributed by atoms with Crippen LogP contribution in [0.2, 0.25) is 0 Å². The van der Waals surface area contributed by atoms with Crippen LogP contribution in [0.1, 0.15) is 25.3 Å². The Morgan fingerprint density at radius 1 is 1.41 bits per heavy atom. The van der Waals surface area contributed by atoms with Gasteiger partial charge in [-0.3, -0.25) is 10.2 Å². The Kier molecular flexibility index (Phi) is 4.26. The van der Waals surface area contributed by atoms with Crippen molar-refractivity contribution in [1.29, 1.82) is 5.41 Å². The Labute approximate surface area is 140 Å². The molecule has 0 unspecified atom stereocenters. The molecule has 0 fully saturated rings. The summed E-state index contributed by atoms with van der Waals surface area (Å²) in [5.74, 6) is -0.322. The maximum absolute atomic E-state index is 12.2. The number of halogens is 1. The number of nitrogens with one attached hydrogen (secondary N) is 1. The van der Waals surface area contributed by atoms with Crippen LogP contribution < -0.4 is 0 Å². The van der Waals surface area contributed by atoms with Crippen LogP contribution in [0.4, 0.5) is 0 Å². The molecule has 0 aliphatic carbocycles. The van der Waals surface area contributed by atoms with Gasteiger partial charge in [-0.1, -0.05) is 41.1 Å². The molecular formula is C15H13BrN4OS. The highest BCUT2D eigenvalue weighted by atomic mass is 79.9. The molecule has 7 heteroatoms. The van der Waals surface area contributed by atoms with Gasteiger partial charge in [-0.25, -0.2) is 0 Å². The van der Waals surface area contributed by atoms with Crippen LogP contribution in [-0.4, -0.2) is 27.0 Å². The molecule has 0 aromatic heterocycles. The second kappa shape index (κ2) is 6.18. The Hall–Kier alpha value is -1.73. The number of fused-ring (bicyclic) bond motifs is 1. The van der Waals surface area contributed by atoms with E-state index in [9.17, 15) is 4.79 Å². The molecule has 1 aromatic carbocycles. The first-order chi connectivity index (χ1) is 10.6. The molecule has 2 heterocycles. The maximum atomic E-state index is 12.2. The van der Waals surface area contributed by atoms with Crippen LogP contribution in [0.15, 0.2) is 44.4 Å². The average molecular weight is 377 g/mol. The molecule has 0 radical (unpaired) electrons. The first kappa shape index (κ1) is 15.2. The van der Waals surface area contributed by atoms with Crippen molar-refractivity contribution in [2.75, 3.05) is 0 Å². The minimum atomic E-state index is -0.396. The number of thioether (sulfide) groups is 1. The van der Waals surface area contributed by atoms with Crippen molar-refractivity contribution >= 4 is 55.7 Å². The largest absolute Gasteiger partial charge is 0.283 e. The summed E-state index contributed by atoms with van der Waals surface area (Å²) in [4.78, 5) is 16.3. The number of hydrogen-bond acceptors (Lipinski definition) is 4. The number of amides is 1. The number of hydrogen-bond donors (Lipinski definition) is 1. The van der Waals surface area contributed by atoms with E-state index in [0.29, 0.717) is 5.17 Å². The number of aliphatic imine (C=N–C) groups is 1. The molecule has 112 valence electrons. The molecule has 2 aliphatic heterocycles. The van der Waals surface area contributed by atoms with E-state index < -0.39 is 5.91 Å². The fourth-order valence-electron chi connectivity index (χ4n) is 2.09. The van der Waals surface area contributed by atoms with Gasteiger partial charge in [-0.2, -0.15) is 15.1 Å². The van der Waals surface area contributed by atoms with E-state index in [4.69, 9.17) is 5.41 Å². The fourth-order valence-corrected chi connectivity index (χ4v) is 3.48. The van der Waals surface area contributed by atoms with E-state index in [1.165, 1.54) is 16.8 Å². The van der Waals surface area contributed by atoms with Gasteiger partial charge in [0.15, 0.2) is 5.84 Å². The highest BCUT2D eigenvalue weighted by Gasteiger charge is 2.35. The van der Waals surface area contributed by atoms with Gasteiger partial charge < -0.3 is 0 Å². The summed E-state index contributed by atoms with van der Waals surface area (Å²) in [6.07, 6.45) is 3.46. The van der Waals surface area contributed by atoms with Crippen molar-refractivity contribution in [3.63, 3.8) is 0 Å². The number of nitrogens with zero attached hydrogens (tertiary/aromatic N) is 3. The number of rotatable bonds is 3. The molecule has 22 heavy (non-hydrogen) atoms. The molecular weight excluding hydrogens is 364 g/mol. The SMILES string of the molecule is CCCC1=NN2C(=N)/C(=C/c3ccccc3Br)C(=O)N=C2S1. The van der Waals surface area contributed by atoms with E-state index in [1.54, 1.807) is 6.08 Å². The second-order valence-electron chi connectivity index (χ2n) is 4.79. The van der Waals surface area contributed by atoms with Crippen LogP contribution in [0.25, 0.3) is 6.08 Å². The summed E-state index contributed by atoms with van der Waals surface area (Å²) in [5.41, 5.74) is 1.08. The van der Waals surface area contributed by atoms with E-state index in [1.807, 2.05) is 24.3 Å². The monoisotopic (exact) mass is 376 g/mol. The molecule has 1 aromatic rings. The maximum Gasteiger partial charge on any atom is 0.283 e. The summed E-state index contributed by atoms with van der Waals surface area (Å²) >= 11 is 4.81. The van der Waals surface area contributed by atoms with Gasteiger partial charge >= 0.3 is 0 Å². The summed E-state index contributed by atoms with van der Waals surface area (Å²) < 4.78 is 0.865. The van der Waals surface area contributed by atoms with E-state index in [0.717, 1.165) is 27.9 Å². The van der Waals surface area contributed by atoms with Crippen molar-refractivity contribution in [3.8, 4) is 0 Å². The summed E-state index contributed by atoms with van der Waals surface area (Å²) in [6.45, 7) is 2.07. The molecule has 0 spiro atoms. The van der Waals surface area contributed by atoms with Crippen LogP contribution in [0, 0.1) is 5.41 Å². The van der Waals surface area contributed by atoms with Crippen molar-refractivity contribution in [2.45, 2.75) is 19.8 Å². The average Bonchev–Trinajstić information content (AvgIpc) is 2.88. The van der Waals surface area contributed by atoms with Crippen LogP contribution >= 0.6 is 27.7 Å². The Bertz CT molecular complexity index is 754. The topological polar surface area (TPSA) is 68.9 Å². The third kappa shape index (κ3) is 2.78. The van der Waals surface area contributed by atoms with Gasteiger partial charge in [0.25, 0.3) is 5.91 Å². The molecule has 1 N–H and O–H groups in total. The lowest BCUT2D eigenvalue weighted by molar-refractivity contribution is -0.114. The zero-order valence-electron chi connectivity index (χ0n) is 11.8. The zero-order chi connectivity index (χ0) is 15.7. The van der Waals surface area contributed by atoms with Crippen LogP contribution in [0.5, 0.6) is 0 Å². The normalized spacial score (nSPS) is 19.4. The van der Waals surface area contributed by atoms with Crippen molar-refractivity contribution < 1.29 is 4.79 Å². The van der Waals surface area contributed by atoms with E-state index in [-0.39, 0.29) is 11.4 Å². The fraction of sp³-hybridized carbons (Fsp3) is 0.200. The second-order valence-corrected chi connectivity index (χ2v) is 6.68. The van der Waals surface area contributed by atoms with Gasteiger partial charge in [0, 0.05) is 4.47 Å². The summed E-state index contributed by atoms with van der Waals surface area (Å²) in [6, 6.07) is 7.55. The van der Waals surface area contributed by atoms with E-state index in [2.05, 4.69) is 32.9 Å². The molecule has 0 saturated carbocycles. The lowest BCUT2D eigenvalue weighted by Gasteiger charge is -2.20. The minimum absolute atomic E-state index is 0.0735. The number of benzene rings is 1. The first-order valence-corrected chi connectivity index (χ1v) is 8.44. The van der Waals surface area contributed by atoms with Crippen LogP contribution in [0.3, 0.4) is 0 Å². The number of hydrazone groups is 1. The van der Waals surface area contributed by atoms with E-state index >= 15 is 0 Å². The quantitative estimate of drug-likeness (QED) is 0.813. The van der Waals surface area contributed by atoms with Gasteiger partial charge in [0.05, 0.1) is 5.57 Å². The molecule has 5 nitrogen and oxygen atoms in total. The van der Waals surface area contributed by atoms with Gasteiger partial charge in [0.1, 0.15) is 5.04 Å². The smallest absolute Gasteiger partial charge is 0.282 e. The first-order valence-electron chi connectivity index (χ1n) is 6.83. The zero-order valence-corrected chi connectivity index (χ0v) is 14.2. The van der Waals surface area contributed by atoms with Gasteiger partial charge in [-0.05, 0) is 42.3 Å². The lowest BCUT2D eigenvalue weighted by Crippen LogP contribution is -2.35. The molecule has 0 saturated heterocycles. The molecule has 0 atom stereocenters. The van der Waals surface area contributed by atoms with Crippen molar-refractivity contribution in [1.82, 2.24) is 5.01 Å². The number of carbonyl (C=O) groups is 1. The third-order valence-electron chi connectivity index (χ3n) is 3.17. The van der Waals surface area contributed by atoms with Crippen molar-refractivity contribution in [3.05, 3.63) is 39.9 Å². The number of amidine groups is 2. The third-order valence-corrected chi connectivity index (χ3v) is 4.86. The predicted octanol–water partition coefficient (Wildman–Crippen LogP) is 3.87. The standard InChI is InChI=1S/C15H13BrN4OS/c1-2-5-12-19-20-13(17)10(14(21)18-15(20)22-12)8-9-6-3-4-7-11(9)16/h3-4,6-8,17H,2,5H2,1H3/b10-8-,17-13?. The summed E-state index contributed by atoms with van der Waals surface area (Å²) in [5, 5.41) is 15.5. The Morgan fingerprint density at radius 2 is 2.18 bits per heavy atom. The lowest BCUT2D eigenvalue weighted by atomic mass is 10.1. The Morgan fingerprint density at radius 3 is 2.91 bits per heavy atom. The number of carbonyl (C=O) groups excluding carboxylic acids is 1. The van der Waals surface area contributed by atoms with Crippen LogP contribution in [-0.2, 0) is 4.79 Å². The molecule has 3 rings (SSSR count). The summed E-state index contributed by atoms with van der Waals surface area (Å²) in [7, 11) is 0. The highest BCUT2D eigenvalue weighted by Crippen LogP contribution is 2.30. The minimum Gasteiger partial charge on any atom is -0.282 e. The van der Waals surface area contributed by atoms with Gasteiger partial charge in [0.2, 0.25) is 5.17 Å². The van der Waals surface area contributed by atoms with Gasteiger partial charge in [-0.15, -0.1) is 0 Å². The molecule has 2 aliphatic rings. The Balaban J connectivity index is 1.97. The van der Waals surface area contributed by atoms with Crippen molar-refractivity contribution in [2.24, 2.45) is 10.1 Å². The predicted molar refractivity (Wildman–Crippen MR) is 94.1 cm³/mol. The molecule has 1 amide bonds. The molecule has 0 bridgehead atoms.